The lowest BCUT2D eigenvalue weighted by molar-refractivity contribution is 0.168. The van der Waals surface area contributed by atoms with Gasteiger partial charge in [-0.25, -0.2) is 13.2 Å². The molecule has 0 spiro atoms. The van der Waals surface area contributed by atoms with Crippen molar-refractivity contribution in [3.05, 3.63) is 48.0 Å². The minimum atomic E-state index is -3.83. The van der Waals surface area contributed by atoms with Gasteiger partial charge in [0.2, 0.25) is 0 Å². The number of anilines is 2. The van der Waals surface area contributed by atoms with E-state index < -0.39 is 16.1 Å². The van der Waals surface area contributed by atoms with Gasteiger partial charge >= 0.3 is 6.09 Å². The smallest absolute Gasteiger partial charge is 0.411 e. The first-order valence-electron chi connectivity index (χ1n) is 7.57. The summed E-state index contributed by atoms with van der Waals surface area (Å²) in [7, 11) is -2.41. The Hall–Kier alpha value is -2.74. The Morgan fingerprint density at radius 3 is 2.48 bits per heavy atom. The van der Waals surface area contributed by atoms with E-state index in [4.69, 9.17) is 9.47 Å². The lowest BCUT2D eigenvalue weighted by Gasteiger charge is -2.14. The van der Waals surface area contributed by atoms with Gasteiger partial charge in [-0.1, -0.05) is 18.2 Å². The van der Waals surface area contributed by atoms with Crippen molar-refractivity contribution in [3.8, 4) is 5.75 Å². The molecule has 0 saturated carbocycles. The number of aryl methyl sites for hydroxylation is 1. The predicted octanol–water partition coefficient (Wildman–Crippen LogP) is 3.37. The number of benzene rings is 2. The minimum absolute atomic E-state index is 0.0108. The van der Waals surface area contributed by atoms with Crippen LogP contribution in [0.4, 0.5) is 16.2 Å². The van der Waals surface area contributed by atoms with Gasteiger partial charge in [0, 0.05) is 0 Å². The van der Waals surface area contributed by atoms with Crippen molar-refractivity contribution in [2.75, 3.05) is 23.8 Å². The summed E-state index contributed by atoms with van der Waals surface area (Å²) in [6.45, 7) is 3.67. The van der Waals surface area contributed by atoms with Crippen LogP contribution < -0.4 is 14.8 Å². The molecule has 0 aromatic heterocycles. The number of nitrogens with one attached hydrogen (secondary N) is 2. The number of methoxy groups -OCH3 is 1. The summed E-state index contributed by atoms with van der Waals surface area (Å²) in [6, 6.07) is 11.2. The molecule has 0 aliphatic carbocycles. The molecule has 2 aromatic rings. The highest BCUT2D eigenvalue weighted by molar-refractivity contribution is 7.92. The van der Waals surface area contributed by atoms with Gasteiger partial charge in [0.25, 0.3) is 10.0 Å². The van der Waals surface area contributed by atoms with Crippen LogP contribution in [-0.2, 0) is 14.8 Å². The third kappa shape index (κ3) is 4.63. The van der Waals surface area contributed by atoms with Crippen LogP contribution in [0.15, 0.2) is 47.4 Å². The van der Waals surface area contributed by atoms with E-state index in [2.05, 4.69) is 10.0 Å². The van der Waals surface area contributed by atoms with Crippen LogP contribution in [0.25, 0.3) is 0 Å². The molecule has 0 atom stereocenters. The molecule has 0 heterocycles. The third-order valence-corrected chi connectivity index (χ3v) is 4.75. The molecule has 134 valence electrons. The van der Waals surface area contributed by atoms with Gasteiger partial charge in [0.15, 0.2) is 0 Å². The number of amides is 1. The van der Waals surface area contributed by atoms with E-state index >= 15 is 0 Å². The molecular formula is C17H20N2O5S. The molecule has 0 bridgehead atoms. The zero-order chi connectivity index (χ0) is 18.4. The number of hydrogen-bond acceptors (Lipinski definition) is 5. The SMILES string of the molecule is CCOC(=O)Nc1cc(S(=O)(=O)Nc2ccccc2C)ccc1OC. The third-order valence-electron chi connectivity index (χ3n) is 3.38. The Balaban J connectivity index is 2.34. The van der Waals surface area contributed by atoms with Crippen molar-refractivity contribution < 1.29 is 22.7 Å². The molecule has 8 heteroatoms. The second-order valence-electron chi connectivity index (χ2n) is 5.13. The maximum Gasteiger partial charge on any atom is 0.411 e. The van der Waals surface area contributed by atoms with Gasteiger partial charge in [-0.3, -0.25) is 10.0 Å². The second-order valence-corrected chi connectivity index (χ2v) is 6.81. The van der Waals surface area contributed by atoms with Crippen LogP contribution in [0.5, 0.6) is 5.75 Å². The Morgan fingerprint density at radius 2 is 1.84 bits per heavy atom. The lowest BCUT2D eigenvalue weighted by Crippen LogP contribution is -2.16. The zero-order valence-corrected chi connectivity index (χ0v) is 15.0. The first kappa shape index (κ1) is 18.6. The Kier molecular flexibility index (Phi) is 5.87. The predicted molar refractivity (Wildman–Crippen MR) is 95.6 cm³/mol. The number of hydrogen-bond donors (Lipinski definition) is 2. The van der Waals surface area contributed by atoms with Gasteiger partial charge in [0.05, 0.1) is 30.0 Å². The van der Waals surface area contributed by atoms with Gasteiger partial charge in [-0.2, -0.15) is 0 Å². The summed E-state index contributed by atoms with van der Waals surface area (Å²) >= 11 is 0. The quantitative estimate of drug-likeness (QED) is 0.820. The van der Waals surface area contributed by atoms with Crippen molar-refractivity contribution in [3.63, 3.8) is 0 Å². The van der Waals surface area contributed by atoms with Crippen molar-refractivity contribution >= 4 is 27.5 Å². The summed E-state index contributed by atoms with van der Waals surface area (Å²) in [5.74, 6) is 0.322. The fraction of sp³-hybridized carbons (Fsp3) is 0.235. The van der Waals surface area contributed by atoms with E-state index in [0.29, 0.717) is 11.4 Å². The Morgan fingerprint density at radius 1 is 1.12 bits per heavy atom. The highest BCUT2D eigenvalue weighted by Crippen LogP contribution is 2.29. The van der Waals surface area contributed by atoms with Crippen LogP contribution in [0, 0.1) is 6.92 Å². The van der Waals surface area contributed by atoms with Crippen LogP contribution >= 0.6 is 0 Å². The molecule has 2 N–H and O–H groups in total. The Bertz CT molecular complexity index is 865. The fourth-order valence-corrected chi connectivity index (χ4v) is 3.28. The minimum Gasteiger partial charge on any atom is -0.495 e. The maximum atomic E-state index is 12.6. The van der Waals surface area contributed by atoms with Crippen molar-refractivity contribution in [2.45, 2.75) is 18.7 Å². The van der Waals surface area contributed by atoms with E-state index in [1.54, 1.807) is 32.0 Å². The standard InChI is InChI=1S/C17H20N2O5S/c1-4-24-17(20)18-15-11-13(9-10-16(15)23-3)25(21,22)19-14-8-6-5-7-12(14)2/h5-11,19H,4H2,1-3H3,(H,18,20). The molecule has 0 fully saturated rings. The molecule has 7 nitrogen and oxygen atoms in total. The maximum absolute atomic E-state index is 12.6. The topological polar surface area (TPSA) is 93.7 Å². The summed E-state index contributed by atoms with van der Waals surface area (Å²) in [4.78, 5) is 11.6. The molecular weight excluding hydrogens is 344 g/mol. The summed E-state index contributed by atoms with van der Waals surface area (Å²) in [5.41, 5.74) is 1.48. The highest BCUT2D eigenvalue weighted by Gasteiger charge is 2.18. The average molecular weight is 364 g/mol. The molecule has 0 saturated heterocycles. The molecule has 0 aliphatic rings. The molecule has 0 radical (unpaired) electrons. The van der Waals surface area contributed by atoms with Gasteiger partial charge in [0.1, 0.15) is 5.75 Å². The first-order valence-corrected chi connectivity index (χ1v) is 9.06. The van der Waals surface area contributed by atoms with Crippen molar-refractivity contribution in [2.24, 2.45) is 0 Å². The summed E-state index contributed by atoms with van der Waals surface area (Å²) in [5, 5.41) is 2.47. The van der Waals surface area contributed by atoms with Crippen LogP contribution in [0.3, 0.4) is 0 Å². The number of rotatable bonds is 6. The van der Waals surface area contributed by atoms with E-state index in [-0.39, 0.29) is 17.2 Å². The van der Waals surface area contributed by atoms with Gasteiger partial charge < -0.3 is 9.47 Å². The van der Waals surface area contributed by atoms with Crippen LogP contribution in [0.2, 0.25) is 0 Å². The number of ether oxygens (including phenoxy) is 2. The first-order chi connectivity index (χ1) is 11.9. The Labute approximate surface area is 147 Å². The van der Waals surface area contributed by atoms with E-state index in [9.17, 15) is 13.2 Å². The molecule has 1 amide bonds. The molecule has 0 aliphatic heterocycles. The zero-order valence-electron chi connectivity index (χ0n) is 14.2. The van der Waals surface area contributed by atoms with Gasteiger partial charge in [-0.15, -0.1) is 0 Å². The fourth-order valence-electron chi connectivity index (χ4n) is 2.12. The lowest BCUT2D eigenvalue weighted by atomic mass is 10.2. The molecule has 2 aromatic carbocycles. The van der Waals surface area contributed by atoms with Gasteiger partial charge in [-0.05, 0) is 43.7 Å². The van der Waals surface area contributed by atoms with E-state index in [0.717, 1.165) is 5.56 Å². The molecule has 0 unspecified atom stereocenters. The van der Waals surface area contributed by atoms with E-state index in [1.165, 1.54) is 25.3 Å². The van der Waals surface area contributed by atoms with Crippen molar-refractivity contribution in [1.29, 1.82) is 0 Å². The van der Waals surface area contributed by atoms with Crippen LogP contribution in [-0.4, -0.2) is 28.2 Å². The normalized spacial score (nSPS) is 10.8. The molecule has 2 rings (SSSR count). The number of sulfonamides is 1. The molecule has 25 heavy (non-hydrogen) atoms. The number of para-hydroxylation sites is 1. The highest BCUT2D eigenvalue weighted by atomic mass is 32.2. The second kappa shape index (κ2) is 7.89. The van der Waals surface area contributed by atoms with Crippen molar-refractivity contribution in [1.82, 2.24) is 0 Å². The van der Waals surface area contributed by atoms with E-state index in [1.807, 2.05) is 6.07 Å². The summed E-state index contributed by atoms with van der Waals surface area (Å²) in [6.07, 6.45) is -0.692. The van der Waals surface area contributed by atoms with Crippen LogP contribution in [0.1, 0.15) is 12.5 Å². The number of carbonyl (C=O) groups excluding carboxylic acids is 1. The number of carbonyl (C=O) groups is 1. The summed E-state index contributed by atoms with van der Waals surface area (Å²) < 4.78 is 37.7. The monoisotopic (exact) mass is 364 g/mol. The average Bonchev–Trinajstić information content (AvgIpc) is 2.57. The largest absolute Gasteiger partial charge is 0.495 e.